The molecule has 0 fully saturated rings. The van der Waals surface area contributed by atoms with Gasteiger partial charge in [-0.15, -0.1) is 0 Å². The minimum absolute atomic E-state index is 0.193. The van der Waals surface area contributed by atoms with Gasteiger partial charge in [0.25, 0.3) is 0 Å². The van der Waals surface area contributed by atoms with Gasteiger partial charge in [0.1, 0.15) is 5.69 Å². The van der Waals surface area contributed by atoms with Crippen molar-refractivity contribution in [2.24, 2.45) is 0 Å². The number of rotatable bonds is 1. The van der Waals surface area contributed by atoms with Crippen LogP contribution >= 0.6 is 0 Å². The lowest BCUT2D eigenvalue weighted by molar-refractivity contribution is 0.0691. The molecule has 0 aliphatic heterocycles. The lowest BCUT2D eigenvalue weighted by Crippen LogP contribution is -1.94. The van der Waals surface area contributed by atoms with Crippen LogP contribution in [0.15, 0.2) is 24.4 Å². The number of aromatic amines is 2. The highest BCUT2D eigenvalue weighted by molar-refractivity contribution is 6.07. The number of fused-ring (bicyclic) bond motifs is 3. The van der Waals surface area contributed by atoms with Crippen LogP contribution in [0.1, 0.15) is 10.5 Å². The third-order valence-corrected chi connectivity index (χ3v) is 2.45. The number of aromatic carboxylic acids is 1. The van der Waals surface area contributed by atoms with Crippen LogP contribution < -0.4 is 0 Å². The van der Waals surface area contributed by atoms with Crippen molar-refractivity contribution in [2.75, 3.05) is 0 Å². The molecule has 0 aliphatic rings. The highest BCUT2D eigenvalue weighted by atomic mass is 16.4. The molecular weight excluding hydrogens is 194 g/mol. The Morgan fingerprint density at radius 1 is 1.27 bits per heavy atom. The van der Waals surface area contributed by atoms with Crippen LogP contribution in [0.3, 0.4) is 0 Å². The summed E-state index contributed by atoms with van der Waals surface area (Å²) in [5.41, 5.74) is 1.90. The van der Waals surface area contributed by atoms with E-state index in [1.165, 1.54) is 0 Å². The third kappa shape index (κ3) is 1.03. The SMILES string of the molecule is O=C(O)c1cc2c(ccc3[nH]ncc32)[nH]1. The first-order chi connectivity index (χ1) is 7.25. The van der Waals surface area contributed by atoms with Crippen LogP contribution in [-0.2, 0) is 0 Å². The Morgan fingerprint density at radius 3 is 2.87 bits per heavy atom. The molecule has 74 valence electrons. The van der Waals surface area contributed by atoms with Gasteiger partial charge in [-0.25, -0.2) is 4.79 Å². The first kappa shape index (κ1) is 8.05. The van der Waals surface area contributed by atoms with Gasteiger partial charge in [-0.3, -0.25) is 5.10 Å². The summed E-state index contributed by atoms with van der Waals surface area (Å²) in [6.07, 6.45) is 1.69. The van der Waals surface area contributed by atoms with Gasteiger partial charge in [0.05, 0.1) is 11.7 Å². The number of carbonyl (C=O) groups is 1. The highest BCUT2D eigenvalue weighted by Gasteiger charge is 2.09. The van der Waals surface area contributed by atoms with Crippen LogP contribution in [-0.4, -0.2) is 26.3 Å². The molecule has 0 amide bonds. The monoisotopic (exact) mass is 201 g/mol. The molecule has 0 saturated heterocycles. The summed E-state index contributed by atoms with van der Waals surface area (Å²) in [6, 6.07) is 5.32. The van der Waals surface area contributed by atoms with Gasteiger partial charge in [0.2, 0.25) is 0 Å². The van der Waals surface area contributed by atoms with Crippen molar-refractivity contribution >= 4 is 27.8 Å². The molecule has 0 atom stereocenters. The predicted molar refractivity (Wildman–Crippen MR) is 54.9 cm³/mol. The van der Waals surface area contributed by atoms with Gasteiger partial charge < -0.3 is 10.1 Å². The lowest BCUT2D eigenvalue weighted by Gasteiger charge is -1.90. The molecule has 1 aromatic carbocycles. The summed E-state index contributed by atoms with van der Waals surface area (Å²) >= 11 is 0. The van der Waals surface area contributed by atoms with Gasteiger partial charge in [0, 0.05) is 16.3 Å². The molecule has 0 spiro atoms. The molecular formula is C10H7N3O2. The summed E-state index contributed by atoms with van der Waals surface area (Å²) in [4.78, 5) is 13.6. The summed E-state index contributed by atoms with van der Waals surface area (Å²) in [7, 11) is 0. The van der Waals surface area contributed by atoms with E-state index in [0.29, 0.717) is 0 Å². The number of benzene rings is 1. The van der Waals surface area contributed by atoms with Crippen molar-refractivity contribution in [1.29, 1.82) is 0 Å². The average molecular weight is 201 g/mol. The van der Waals surface area contributed by atoms with Crippen LogP contribution in [0, 0.1) is 0 Å². The third-order valence-electron chi connectivity index (χ3n) is 2.45. The second-order valence-electron chi connectivity index (χ2n) is 3.35. The van der Waals surface area contributed by atoms with Crippen molar-refractivity contribution < 1.29 is 9.90 Å². The maximum atomic E-state index is 10.8. The second kappa shape index (κ2) is 2.60. The molecule has 3 aromatic rings. The van der Waals surface area contributed by atoms with E-state index in [1.807, 2.05) is 12.1 Å². The van der Waals surface area contributed by atoms with E-state index < -0.39 is 5.97 Å². The molecule has 2 heterocycles. The van der Waals surface area contributed by atoms with Crippen molar-refractivity contribution in [3.8, 4) is 0 Å². The Labute approximate surface area is 83.7 Å². The van der Waals surface area contributed by atoms with Gasteiger partial charge in [-0.2, -0.15) is 5.10 Å². The van der Waals surface area contributed by atoms with Crippen LogP contribution in [0.2, 0.25) is 0 Å². The number of nitrogens with zero attached hydrogens (tertiary/aromatic N) is 1. The van der Waals surface area contributed by atoms with Gasteiger partial charge in [-0.1, -0.05) is 0 Å². The fraction of sp³-hybridized carbons (Fsp3) is 0. The molecule has 3 rings (SSSR count). The Balaban J connectivity index is 2.46. The maximum absolute atomic E-state index is 10.8. The number of H-pyrrole nitrogens is 2. The van der Waals surface area contributed by atoms with E-state index in [4.69, 9.17) is 5.11 Å². The smallest absolute Gasteiger partial charge is 0.352 e. The number of nitrogens with one attached hydrogen (secondary N) is 2. The normalized spacial score (nSPS) is 11.2. The molecule has 0 aliphatic carbocycles. The zero-order chi connectivity index (χ0) is 10.4. The number of hydrogen-bond acceptors (Lipinski definition) is 2. The average Bonchev–Trinajstić information content (AvgIpc) is 2.82. The van der Waals surface area contributed by atoms with Crippen molar-refractivity contribution in [2.45, 2.75) is 0 Å². The predicted octanol–water partition coefficient (Wildman–Crippen LogP) is 1.74. The largest absolute Gasteiger partial charge is 0.477 e. The van der Waals surface area contributed by atoms with Crippen molar-refractivity contribution in [3.63, 3.8) is 0 Å². The van der Waals surface area contributed by atoms with E-state index in [1.54, 1.807) is 12.3 Å². The van der Waals surface area contributed by atoms with Crippen molar-refractivity contribution in [1.82, 2.24) is 15.2 Å². The van der Waals surface area contributed by atoms with E-state index >= 15 is 0 Å². The van der Waals surface area contributed by atoms with Crippen LogP contribution in [0.4, 0.5) is 0 Å². The molecule has 0 unspecified atom stereocenters. The van der Waals surface area contributed by atoms with Crippen LogP contribution in [0.5, 0.6) is 0 Å². The molecule has 5 heteroatoms. The first-order valence-electron chi connectivity index (χ1n) is 4.44. The quantitative estimate of drug-likeness (QED) is 0.560. The summed E-state index contributed by atoms with van der Waals surface area (Å²) in [6.45, 7) is 0. The lowest BCUT2D eigenvalue weighted by atomic mass is 10.2. The molecule has 15 heavy (non-hydrogen) atoms. The summed E-state index contributed by atoms with van der Waals surface area (Å²) < 4.78 is 0. The fourth-order valence-electron chi connectivity index (χ4n) is 1.74. The topological polar surface area (TPSA) is 81.8 Å². The minimum atomic E-state index is -0.956. The standard InChI is InChI=1S/C10H7N3O2/c14-10(15)9-3-5-6-4-11-13-8(6)2-1-7(5)12-9/h1-4,12H,(H,11,13)(H,14,15). The first-order valence-corrected chi connectivity index (χ1v) is 4.44. The Morgan fingerprint density at radius 2 is 2.07 bits per heavy atom. The number of carboxylic acids is 1. The van der Waals surface area contributed by atoms with Crippen molar-refractivity contribution in [3.05, 3.63) is 30.1 Å². The molecule has 0 bridgehead atoms. The maximum Gasteiger partial charge on any atom is 0.352 e. The number of aromatic nitrogens is 3. The van der Waals surface area contributed by atoms with E-state index in [9.17, 15) is 4.79 Å². The summed E-state index contributed by atoms with van der Waals surface area (Å²) in [5.74, 6) is -0.956. The molecule has 0 radical (unpaired) electrons. The van der Waals surface area contributed by atoms with Gasteiger partial charge in [0.15, 0.2) is 0 Å². The summed E-state index contributed by atoms with van der Waals surface area (Å²) in [5, 5.41) is 17.4. The van der Waals surface area contributed by atoms with Crippen LogP contribution in [0.25, 0.3) is 21.8 Å². The molecule has 3 N–H and O–H groups in total. The zero-order valence-corrected chi connectivity index (χ0v) is 7.61. The Bertz CT molecular complexity index is 665. The van der Waals surface area contributed by atoms with E-state index in [0.717, 1.165) is 21.8 Å². The highest BCUT2D eigenvalue weighted by Crippen LogP contribution is 2.24. The zero-order valence-electron chi connectivity index (χ0n) is 7.61. The van der Waals surface area contributed by atoms with Gasteiger partial charge >= 0.3 is 5.97 Å². The Kier molecular flexibility index (Phi) is 1.39. The van der Waals surface area contributed by atoms with E-state index in [-0.39, 0.29) is 5.69 Å². The number of carboxylic acid groups (broad SMARTS) is 1. The molecule has 5 nitrogen and oxygen atoms in total. The minimum Gasteiger partial charge on any atom is -0.477 e. The van der Waals surface area contributed by atoms with Gasteiger partial charge in [-0.05, 0) is 18.2 Å². The molecule has 2 aromatic heterocycles. The van der Waals surface area contributed by atoms with E-state index in [2.05, 4.69) is 15.2 Å². The Hall–Kier alpha value is -2.30. The fourth-order valence-corrected chi connectivity index (χ4v) is 1.74. The second-order valence-corrected chi connectivity index (χ2v) is 3.35. The number of hydrogen-bond donors (Lipinski definition) is 3. The molecule has 0 saturated carbocycles.